The third-order valence-electron chi connectivity index (χ3n) is 5.80. The predicted octanol–water partition coefficient (Wildman–Crippen LogP) is 4.51. The van der Waals surface area contributed by atoms with Gasteiger partial charge in [-0.15, -0.1) is 5.10 Å². The molecule has 0 fully saturated rings. The van der Waals surface area contributed by atoms with E-state index in [-0.39, 0.29) is 17.8 Å². The van der Waals surface area contributed by atoms with Crippen LogP contribution in [-0.2, 0) is 18.4 Å². The smallest absolute Gasteiger partial charge is 0.290 e. The SMILES string of the molecule is CC.Cc1ccc(NC(=O)c2nc(C)cc(C)c2CN(C=O)c2ccc(-c3c(C)on(C)c3=O)cc2)nn1. The van der Waals surface area contributed by atoms with Crippen LogP contribution in [-0.4, -0.2) is 32.2 Å². The number of benzene rings is 1. The van der Waals surface area contributed by atoms with Gasteiger partial charge in [0.15, 0.2) is 5.82 Å². The molecule has 2 amide bonds. The Kier molecular flexibility index (Phi) is 8.90. The number of aryl methyl sites for hydroxylation is 5. The molecule has 0 radical (unpaired) electrons. The lowest BCUT2D eigenvalue weighted by Crippen LogP contribution is -2.25. The number of rotatable bonds is 7. The van der Waals surface area contributed by atoms with E-state index in [4.69, 9.17) is 4.52 Å². The van der Waals surface area contributed by atoms with E-state index < -0.39 is 5.91 Å². The van der Waals surface area contributed by atoms with Gasteiger partial charge in [0.2, 0.25) is 6.41 Å². The van der Waals surface area contributed by atoms with Crippen LogP contribution < -0.4 is 15.8 Å². The number of nitrogens with zero attached hydrogens (tertiary/aromatic N) is 5. The minimum absolute atomic E-state index is 0.122. The summed E-state index contributed by atoms with van der Waals surface area (Å²) in [6.45, 7) is 11.3. The average Bonchev–Trinajstić information content (AvgIpc) is 3.16. The van der Waals surface area contributed by atoms with Crippen molar-refractivity contribution in [2.45, 2.75) is 48.1 Å². The highest BCUT2D eigenvalue weighted by molar-refractivity contribution is 6.03. The van der Waals surface area contributed by atoms with Gasteiger partial charge in [-0.25, -0.2) is 4.98 Å². The molecule has 0 saturated heterocycles. The zero-order valence-corrected chi connectivity index (χ0v) is 22.7. The van der Waals surface area contributed by atoms with Gasteiger partial charge in [0, 0.05) is 24.0 Å². The Bertz CT molecular complexity index is 1490. The molecule has 0 spiro atoms. The molecule has 0 unspecified atom stereocenters. The Labute approximate surface area is 221 Å². The summed E-state index contributed by atoms with van der Waals surface area (Å²) in [6, 6.07) is 12.3. The number of nitrogens with one attached hydrogen (secondary N) is 1. The Morgan fingerprint density at radius 2 is 1.71 bits per heavy atom. The zero-order chi connectivity index (χ0) is 28.0. The number of carbonyl (C=O) groups excluding carboxylic acids is 2. The number of aromatic nitrogens is 4. The molecule has 3 aromatic heterocycles. The molecule has 1 aromatic carbocycles. The van der Waals surface area contributed by atoms with Crippen molar-refractivity contribution in [2.24, 2.45) is 7.05 Å². The second-order valence-corrected chi connectivity index (χ2v) is 8.53. The molecule has 0 aliphatic carbocycles. The van der Waals surface area contributed by atoms with Crippen LogP contribution in [0.1, 0.15) is 52.6 Å². The monoisotopic (exact) mass is 516 g/mol. The summed E-state index contributed by atoms with van der Waals surface area (Å²) in [5.74, 6) is 0.376. The topological polar surface area (TPSA) is 123 Å². The average molecular weight is 517 g/mol. The van der Waals surface area contributed by atoms with Crippen molar-refractivity contribution in [3.8, 4) is 11.1 Å². The maximum Gasteiger partial charge on any atom is 0.290 e. The van der Waals surface area contributed by atoms with E-state index in [1.807, 2.05) is 26.8 Å². The summed E-state index contributed by atoms with van der Waals surface area (Å²) in [5, 5.41) is 10.7. The summed E-state index contributed by atoms with van der Waals surface area (Å²) in [4.78, 5) is 43.5. The molecule has 1 N–H and O–H groups in total. The van der Waals surface area contributed by atoms with E-state index in [2.05, 4.69) is 20.5 Å². The fourth-order valence-corrected chi connectivity index (χ4v) is 4.00. The van der Waals surface area contributed by atoms with Gasteiger partial charge in [-0.2, -0.15) is 9.84 Å². The fraction of sp³-hybridized carbons (Fsp3) is 0.286. The molecule has 0 bridgehead atoms. The van der Waals surface area contributed by atoms with Crippen molar-refractivity contribution in [1.29, 1.82) is 0 Å². The van der Waals surface area contributed by atoms with Gasteiger partial charge in [-0.1, -0.05) is 26.0 Å². The third kappa shape index (κ3) is 6.03. The number of amides is 2. The summed E-state index contributed by atoms with van der Waals surface area (Å²) >= 11 is 0. The molecular formula is C28H32N6O4. The molecule has 0 saturated carbocycles. The van der Waals surface area contributed by atoms with Crippen LogP contribution in [0.15, 0.2) is 51.8 Å². The van der Waals surface area contributed by atoms with E-state index in [0.29, 0.717) is 46.1 Å². The maximum atomic E-state index is 13.1. The molecule has 0 aliphatic rings. The Balaban J connectivity index is 0.00000195. The molecule has 10 nitrogen and oxygen atoms in total. The van der Waals surface area contributed by atoms with Crippen LogP contribution in [0.2, 0.25) is 0 Å². The van der Waals surface area contributed by atoms with Gasteiger partial charge in [0.1, 0.15) is 11.5 Å². The first-order chi connectivity index (χ1) is 18.2. The van der Waals surface area contributed by atoms with Crippen LogP contribution in [0.4, 0.5) is 11.5 Å². The highest BCUT2D eigenvalue weighted by Gasteiger charge is 2.20. The largest absolute Gasteiger partial charge is 0.381 e. The van der Waals surface area contributed by atoms with Gasteiger partial charge in [-0.3, -0.25) is 14.4 Å². The summed E-state index contributed by atoms with van der Waals surface area (Å²) in [6.07, 6.45) is 0.698. The molecule has 3 heterocycles. The van der Waals surface area contributed by atoms with E-state index >= 15 is 0 Å². The van der Waals surface area contributed by atoms with E-state index in [9.17, 15) is 14.4 Å². The predicted molar refractivity (Wildman–Crippen MR) is 146 cm³/mol. The minimum atomic E-state index is -0.442. The first-order valence-electron chi connectivity index (χ1n) is 12.3. The highest BCUT2D eigenvalue weighted by Crippen LogP contribution is 2.26. The van der Waals surface area contributed by atoms with E-state index in [0.717, 1.165) is 11.3 Å². The van der Waals surface area contributed by atoms with Crippen LogP contribution >= 0.6 is 0 Å². The van der Waals surface area contributed by atoms with Crippen molar-refractivity contribution >= 4 is 23.8 Å². The first kappa shape index (κ1) is 28.0. The highest BCUT2D eigenvalue weighted by atomic mass is 16.5. The zero-order valence-electron chi connectivity index (χ0n) is 22.7. The van der Waals surface area contributed by atoms with E-state index in [1.54, 1.807) is 64.2 Å². The summed E-state index contributed by atoms with van der Waals surface area (Å²) < 4.78 is 6.55. The lowest BCUT2D eigenvalue weighted by atomic mass is 10.0. The van der Waals surface area contributed by atoms with Gasteiger partial charge >= 0.3 is 0 Å². The van der Waals surface area contributed by atoms with Crippen molar-refractivity contribution in [1.82, 2.24) is 19.9 Å². The van der Waals surface area contributed by atoms with Gasteiger partial charge < -0.3 is 14.7 Å². The molecule has 4 rings (SSSR count). The minimum Gasteiger partial charge on any atom is -0.381 e. The van der Waals surface area contributed by atoms with Crippen molar-refractivity contribution < 1.29 is 14.1 Å². The number of pyridine rings is 1. The Hall–Kier alpha value is -4.60. The van der Waals surface area contributed by atoms with Crippen LogP contribution in [0, 0.1) is 27.7 Å². The molecular weight excluding hydrogens is 484 g/mol. The standard InChI is InChI=1S/C26H26N6O4.C2H6/c1-15-12-17(3)27-24(25(34)28-22-11-6-16(2)29-30-22)21(15)13-32(14-33)20-9-7-19(8-10-20)23-18(4)36-31(5)26(23)35;1-2/h6-12,14H,13H2,1-5H3,(H,28,30,34);1-2H3. The molecule has 4 aromatic rings. The van der Waals surface area contributed by atoms with Crippen molar-refractivity contribution in [2.75, 3.05) is 10.2 Å². The Morgan fingerprint density at radius 3 is 2.26 bits per heavy atom. The van der Waals surface area contributed by atoms with Crippen LogP contribution in [0.3, 0.4) is 0 Å². The maximum absolute atomic E-state index is 13.1. The lowest BCUT2D eigenvalue weighted by Gasteiger charge is -2.21. The number of hydrogen-bond donors (Lipinski definition) is 1. The second-order valence-electron chi connectivity index (χ2n) is 8.53. The quantitative estimate of drug-likeness (QED) is 0.359. The van der Waals surface area contributed by atoms with Gasteiger partial charge in [0.25, 0.3) is 11.5 Å². The van der Waals surface area contributed by atoms with Crippen molar-refractivity contribution in [3.05, 3.63) is 86.8 Å². The van der Waals surface area contributed by atoms with Crippen LogP contribution in [0.25, 0.3) is 11.1 Å². The van der Waals surface area contributed by atoms with Crippen LogP contribution in [0.5, 0.6) is 0 Å². The molecule has 198 valence electrons. The number of hydrogen-bond acceptors (Lipinski definition) is 7. The number of carbonyl (C=O) groups is 2. The summed E-state index contributed by atoms with van der Waals surface area (Å²) in [5.41, 5.74) is 4.56. The third-order valence-corrected chi connectivity index (χ3v) is 5.80. The lowest BCUT2D eigenvalue weighted by molar-refractivity contribution is -0.107. The normalized spacial score (nSPS) is 10.4. The second kappa shape index (κ2) is 12.1. The molecule has 0 atom stereocenters. The molecule has 38 heavy (non-hydrogen) atoms. The first-order valence-corrected chi connectivity index (χ1v) is 12.3. The molecule has 0 aliphatic heterocycles. The summed E-state index contributed by atoms with van der Waals surface area (Å²) in [7, 11) is 1.55. The fourth-order valence-electron chi connectivity index (χ4n) is 4.00. The van der Waals surface area contributed by atoms with E-state index in [1.165, 1.54) is 9.64 Å². The molecule has 10 heteroatoms. The van der Waals surface area contributed by atoms with Gasteiger partial charge in [0.05, 0.1) is 17.8 Å². The van der Waals surface area contributed by atoms with Crippen molar-refractivity contribution in [3.63, 3.8) is 0 Å². The number of anilines is 2. The Morgan fingerprint density at radius 1 is 1.03 bits per heavy atom. The van der Waals surface area contributed by atoms with Gasteiger partial charge in [-0.05, 0) is 69.2 Å².